The van der Waals surface area contributed by atoms with Crippen LogP contribution in [0.3, 0.4) is 0 Å². The molecule has 5 heteroatoms. The van der Waals surface area contributed by atoms with Gasteiger partial charge in [0, 0.05) is 11.3 Å². The molecule has 5 fully saturated rings. The first kappa shape index (κ1) is 13.5. The predicted octanol–water partition coefficient (Wildman–Crippen LogP) is 3.74. The van der Waals surface area contributed by atoms with E-state index in [4.69, 9.17) is 0 Å². The highest BCUT2D eigenvalue weighted by molar-refractivity contribution is 7.15. The van der Waals surface area contributed by atoms with E-state index in [0.717, 1.165) is 35.7 Å². The lowest BCUT2D eigenvalue weighted by Gasteiger charge is -2.55. The highest BCUT2D eigenvalue weighted by Crippen LogP contribution is 2.61. The lowest BCUT2D eigenvalue weighted by atomic mass is 9.50. The van der Waals surface area contributed by atoms with Crippen molar-refractivity contribution in [2.24, 2.45) is 23.7 Å². The number of nitrogens with zero attached hydrogens (tertiary/aromatic N) is 2. The fourth-order valence-electron chi connectivity index (χ4n) is 5.74. The summed E-state index contributed by atoms with van der Waals surface area (Å²) in [4.78, 5) is 12.1. The van der Waals surface area contributed by atoms with Gasteiger partial charge in [0.25, 0.3) is 0 Å². The Balaban J connectivity index is 1.36. The van der Waals surface area contributed by atoms with E-state index in [-0.39, 0.29) is 11.8 Å². The molecule has 4 bridgehead atoms. The summed E-state index contributed by atoms with van der Waals surface area (Å²) in [6.07, 6.45) is 11.5. The van der Waals surface area contributed by atoms with Crippen molar-refractivity contribution in [3.05, 3.63) is 5.01 Å². The third-order valence-electron chi connectivity index (χ3n) is 6.62. The molecule has 118 valence electrons. The number of carbonyl (C=O) groups excluding carboxylic acids is 1. The molecule has 1 aromatic heterocycles. The molecule has 1 heterocycles. The van der Waals surface area contributed by atoms with Gasteiger partial charge >= 0.3 is 0 Å². The second-order valence-corrected chi connectivity index (χ2v) is 9.20. The summed E-state index contributed by atoms with van der Waals surface area (Å²) in [7, 11) is 0. The molecule has 1 N–H and O–H groups in total. The molecule has 0 aromatic carbocycles. The first-order valence-corrected chi connectivity index (χ1v) is 9.67. The van der Waals surface area contributed by atoms with E-state index < -0.39 is 0 Å². The van der Waals surface area contributed by atoms with Gasteiger partial charge < -0.3 is 5.32 Å². The summed E-state index contributed by atoms with van der Waals surface area (Å²) >= 11 is 1.65. The molecule has 0 saturated heterocycles. The van der Waals surface area contributed by atoms with Gasteiger partial charge in [0.2, 0.25) is 11.0 Å². The van der Waals surface area contributed by atoms with Crippen molar-refractivity contribution >= 4 is 22.4 Å². The van der Waals surface area contributed by atoms with Gasteiger partial charge in [0.1, 0.15) is 5.01 Å². The molecule has 5 aliphatic carbocycles. The molecule has 0 aliphatic heterocycles. The smallest absolute Gasteiger partial charge is 0.229 e. The van der Waals surface area contributed by atoms with Crippen molar-refractivity contribution in [3.8, 4) is 0 Å². The van der Waals surface area contributed by atoms with Gasteiger partial charge in [0.05, 0.1) is 0 Å². The monoisotopic (exact) mass is 317 g/mol. The Bertz CT molecular complexity index is 572. The topological polar surface area (TPSA) is 54.9 Å². The second-order valence-electron chi connectivity index (χ2n) is 8.23. The number of hydrogen-bond donors (Lipinski definition) is 1. The van der Waals surface area contributed by atoms with Crippen molar-refractivity contribution in [1.29, 1.82) is 0 Å². The fourth-order valence-corrected chi connectivity index (χ4v) is 6.70. The second kappa shape index (κ2) is 4.76. The van der Waals surface area contributed by atoms with Crippen LogP contribution in [0.1, 0.15) is 62.8 Å². The molecular weight excluding hydrogens is 294 g/mol. The van der Waals surface area contributed by atoms with E-state index >= 15 is 0 Å². The Hall–Kier alpha value is -0.970. The standard InChI is InChI=1S/C17H23N3OS/c21-14(13-2-1-3-13)18-16-20-19-15(22-16)17-7-10-4-11(8-17)6-12(5-10)9-17/h10-13H,1-9H2,(H,18,20,21). The van der Waals surface area contributed by atoms with Gasteiger partial charge in [-0.05, 0) is 69.1 Å². The molecule has 5 aliphatic rings. The lowest BCUT2D eigenvalue weighted by molar-refractivity contribution is -0.122. The molecule has 5 saturated carbocycles. The summed E-state index contributed by atoms with van der Waals surface area (Å²) in [5.41, 5.74) is 0.297. The zero-order valence-corrected chi connectivity index (χ0v) is 13.7. The Morgan fingerprint density at radius 3 is 2.23 bits per heavy atom. The van der Waals surface area contributed by atoms with Gasteiger partial charge in [-0.15, -0.1) is 10.2 Å². The van der Waals surface area contributed by atoms with Crippen LogP contribution in [0.25, 0.3) is 0 Å². The van der Waals surface area contributed by atoms with Crippen LogP contribution in [0, 0.1) is 23.7 Å². The molecule has 1 amide bonds. The zero-order valence-electron chi connectivity index (χ0n) is 12.9. The maximum absolute atomic E-state index is 12.1. The summed E-state index contributed by atoms with van der Waals surface area (Å²) in [5, 5.41) is 13.7. The average Bonchev–Trinajstić information content (AvgIpc) is 2.84. The number of carbonyl (C=O) groups is 1. The van der Waals surface area contributed by atoms with Crippen LogP contribution in [0.15, 0.2) is 0 Å². The van der Waals surface area contributed by atoms with Gasteiger partial charge in [-0.1, -0.05) is 17.8 Å². The highest BCUT2D eigenvalue weighted by atomic mass is 32.1. The van der Waals surface area contributed by atoms with Crippen LogP contribution in [-0.2, 0) is 10.2 Å². The minimum absolute atomic E-state index is 0.152. The van der Waals surface area contributed by atoms with Gasteiger partial charge in [-0.2, -0.15) is 0 Å². The average molecular weight is 317 g/mol. The quantitative estimate of drug-likeness (QED) is 0.924. The van der Waals surface area contributed by atoms with Crippen LogP contribution in [0.5, 0.6) is 0 Å². The molecule has 0 spiro atoms. The minimum Gasteiger partial charge on any atom is -0.300 e. The molecule has 0 unspecified atom stereocenters. The molecule has 6 rings (SSSR count). The predicted molar refractivity (Wildman–Crippen MR) is 85.7 cm³/mol. The summed E-state index contributed by atoms with van der Waals surface area (Å²) in [6.45, 7) is 0. The van der Waals surface area contributed by atoms with Crippen LogP contribution < -0.4 is 5.32 Å². The van der Waals surface area contributed by atoms with Crippen molar-refractivity contribution in [2.45, 2.75) is 63.2 Å². The lowest BCUT2D eigenvalue weighted by Crippen LogP contribution is -2.48. The number of anilines is 1. The van der Waals surface area contributed by atoms with Crippen molar-refractivity contribution in [3.63, 3.8) is 0 Å². The van der Waals surface area contributed by atoms with Crippen LogP contribution in [0.2, 0.25) is 0 Å². The maximum atomic E-state index is 12.1. The SMILES string of the molecule is O=C(Nc1nnc(C23CC4CC(CC(C4)C2)C3)s1)C1CCC1. The van der Waals surface area contributed by atoms with Gasteiger partial charge in [-0.25, -0.2) is 0 Å². The van der Waals surface area contributed by atoms with Crippen molar-refractivity contribution in [1.82, 2.24) is 10.2 Å². The van der Waals surface area contributed by atoms with Crippen LogP contribution >= 0.6 is 11.3 Å². The molecule has 0 radical (unpaired) electrons. The minimum atomic E-state index is 0.152. The molecule has 4 nitrogen and oxygen atoms in total. The number of nitrogens with one attached hydrogen (secondary N) is 1. The fraction of sp³-hybridized carbons (Fsp3) is 0.824. The normalized spacial score (nSPS) is 39.7. The third kappa shape index (κ3) is 2.04. The van der Waals surface area contributed by atoms with Gasteiger partial charge in [0.15, 0.2) is 0 Å². The van der Waals surface area contributed by atoms with E-state index in [1.54, 1.807) is 11.3 Å². The van der Waals surface area contributed by atoms with Crippen molar-refractivity contribution in [2.75, 3.05) is 5.32 Å². The highest BCUT2D eigenvalue weighted by Gasteiger charge is 2.53. The Kier molecular flexibility index (Phi) is 2.91. The maximum Gasteiger partial charge on any atom is 0.229 e. The molecule has 1 aromatic rings. The molecule has 22 heavy (non-hydrogen) atoms. The molecule has 0 atom stereocenters. The largest absolute Gasteiger partial charge is 0.300 e. The van der Waals surface area contributed by atoms with E-state index in [9.17, 15) is 4.79 Å². The Morgan fingerprint density at radius 2 is 1.68 bits per heavy atom. The zero-order chi connectivity index (χ0) is 14.7. The van der Waals surface area contributed by atoms with Gasteiger partial charge in [-0.3, -0.25) is 4.79 Å². The van der Waals surface area contributed by atoms with E-state index in [0.29, 0.717) is 5.41 Å². The number of aromatic nitrogens is 2. The van der Waals surface area contributed by atoms with Crippen LogP contribution in [0.4, 0.5) is 5.13 Å². The number of rotatable bonds is 3. The number of amides is 1. The van der Waals surface area contributed by atoms with Crippen molar-refractivity contribution < 1.29 is 4.79 Å². The summed E-state index contributed by atoms with van der Waals surface area (Å²) in [6, 6.07) is 0. The first-order valence-electron chi connectivity index (χ1n) is 8.85. The van der Waals surface area contributed by atoms with Crippen LogP contribution in [-0.4, -0.2) is 16.1 Å². The van der Waals surface area contributed by atoms with E-state index in [1.807, 2.05) is 0 Å². The van der Waals surface area contributed by atoms with E-state index in [1.165, 1.54) is 50.0 Å². The first-order chi connectivity index (χ1) is 10.7. The molecular formula is C17H23N3OS. The summed E-state index contributed by atoms with van der Waals surface area (Å²) < 4.78 is 0. The van der Waals surface area contributed by atoms with E-state index in [2.05, 4.69) is 15.5 Å². The Morgan fingerprint density at radius 1 is 1.05 bits per heavy atom. The Labute approximate surface area is 135 Å². The summed E-state index contributed by atoms with van der Waals surface area (Å²) in [5.74, 6) is 3.13. The third-order valence-corrected chi connectivity index (χ3v) is 7.71. The number of hydrogen-bond acceptors (Lipinski definition) is 4.